The maximum absolute atomic E-state index is 12.3. The van der Waals surface area contributed by atoms with E-state index in [4.69, 9.17) is 11.6 Å². The van der Waals surface area contributed by atoms with Crippen LogP contribution in [0.1, 0.15) is 20.2 Å². The molecule has 0 saturated carbocycles. The van der Waals surface area contributed by atoms with Crippen molar-refractivity contribution in [2.75, 3.05) is 10.6 Å². The van der Waals surface area contributed by atoms with E-state index in [2.05, 4.69) is 15.7 Å². The van der Waals surface area contributed by atoms with Gasteiger partial charge in [-0.1, -0.05) is 23.7 Å². The standard InChI is InChI=1S/C16H13ClN4O2S/c1-21-14(19-16(23)13-6-3-7-24-13)9-12(20-21)15(22)18-11-5-2-4-10(17)8-11/h2-9H,1H3,(H,18,22)(H,19,23). The maximum atomic E-state index is 12.3. The third-order valence-corrected chi connectivity index (χ3v) is 4.29. The van der Waals surface area contributed by atoms with Crippen molar-refractivity contribution in [1.82, 2.24) is 9.78 Å². The molecule has 0 unspecified atom stereocenters. The zero-order valence-corrected chi connectivity index (χ0v) is 14.2. The maximum Gasteiger partial charge on any atom is 0.276 e. The number of benzene rings is 1. The van der Waals surface area contributed by atoms with Gasteiger partial charge in [-0.2, -0.15) is 5.10 Å². The van der Waals surface area contributed by atoms with Gasteiger partial charge in [0.2, 0.25) is 0 Å². The number of anilines is 2. The number of hydrogen-bond acceptors (Lipinski definition) is 4. The molecule has 2 amide bonds. The van der Waals surface area contributed by atoms with Gasteiger partial charge in [0.25, 0.3) is 11.8 Å². The van der Waals surface area contributed by atoms with Crippen molar-refractivity contribution in [3.63, 3.8) is 0 Å². The molecule has 0 aliphatic rings. The van der Waals surface area contributed by atoms with Gasteiger partial charge in [0.1, 0.15) is 5.82 Å². The van der Waals surface area contributed by atoms with Crippen molar-refractivity contribution >= 4 is 46.3 Å². The molecule has 0 saturated heterocycles. The van der Waals surface area contributed by atoms with Crippen LogP contribution in [0.3, 0.4) is 0 Å². The SMILES string of the molecule is Cn1nc(C(=O)Nc2cccc(Cl)c2)cc1NC(=O)c1cccs1. The van der Waals surface area contributed by atoms with E-state index in [-0.39, 0.29) is 17.5 Å². The first-order valence-electron chi connectivity index (χ1n) is 6.99. The van der Waals surface area contributed by atoms with Crippen molar-refractivity contribution < 1.29 is 9.59 Å². The lowest BCUT2D eigenvalue weighted by Gasteiger charge is -2.02. The number of aryl methyl sites for hydroxylation is 1. The van der Waals surface area contributed by atoms with E-state index in [0.717, 1.165) is 0 Å². The molecule has 6 nitrogen and oxygen atoms in total. The van der Waals surface area contributed by atoms with Gasteiger partial charge in [0.05, 0.1) is 4.88 Å². The van der Waals surface area contributed by atoms with Crippen LogP contribution in [-0.2, 0) is 7.05 Å². The molecule has 0 atom stereocenters. The summed E-state index contributed by atoms with van der Waals surface area (Å²) in [5, 5.41) is 11.9. The number of thiophene rings is 1. The van der Waals surface area contributed by atoms with Gasteiger partial charge < -0.3 is 10.6 Å². The zero-order chi connectivity index (χ0) is 17.1. The summed E-state index contributed by atoms with van der Waals surface area (Å²) in [5.74, 6) is -0.191. The summed E-state index contributed by atoms with van der Waals surface area (Å²) in [6.07, 6.45) is 0. The fourth-order valence-corrected chi connectivity index (χ4v) is 2.85. The first-order chi connectivity index (χ1) is 11.5. The molecule has 24 heavy (non-hydrogen) atoms. The number of rotatable bonds is 4. The molecule has 0 spiro atoms. The van der Waals surface area contributed by atoms with Crippen molar-refractivity contribution in [2.45, 2.75) is 0 Å². The molecule has 0 aliphatic heterocycles. The second-order valence-electron chi connectivity index (χ2n) is 4.93. The van der Waals surface area contributed by atoms with Crippen LogP contribution in [0.2, 0.25) is 5.02 Å². The van der Waals surface area contributed by atoms with E-state index >= 15 is 0 Å². The highest BCUT2D eigenvalue weighted by Crippen LogP contribution is 2.17. The normalized spacial score (nSPS) is 10.4. The van der Waals surface area contributed by atoms with E-state index in [1.165, 1.54) is 22.1 Å². The molecule has 8 heteroatoms. The Bertz CT molecular complexity index is 889. The summed E-state index contributed by atoms with van der Waals surface area (Å²) < 4.78 is 1.44. The minimum absolute atomic E-state index is 0.193. The molecule has 3 rings (SSSR count). The lowest BCUT2D eigenvalue weighted by atomic mass is 10.3. The number of hydrogen-bond donors (Lipinski definition) is 2. The van der Waals surface area contributed by atoms with Crippen LogP contribution < -0.4 is 10.6 Å². The van der Waals surface area contributed by atoms with Crippen LogP contribution in [0.15, 0.2) is 47.8 Å². The number of halogens is 1. The average molecular weight is 361 g/mol. The molecule has 2 aromatic heterocycles. The Balaban J connectivity index is 1.73. The van der Waals surface area contributed by atoms with E-state index in [1.54, 1.807) is 43.4 Å². The molecule has 3 aromatic rings. The minimum Gasteiger partial charge on any atom is -0.321 e. The molecule has 0 bridgehead atoms. The van der Waals surface area contributed by atoms with Crippen LogP contribution >= 0.6 is 22.9 Å². The van der Waals surface area contributed by atoms with E-state index in [9.17, 15) is 9.59 Å². The van der Waals surface area contributed by atoms with Gasteiger partial charge in [-0.3, -0.25) is 14.3 Å². The van der Waals surface area contributed by atoms with Crippen molar-refractivity contribution in [1.29, 1.82) is 0 Å². The van der Waals surface area contributed by atoms with Gasteiger partial charge >= 0.3 is 0 Å². The lowest BCUT2D eigenvalue weighted by Crippen LogP contribution is -2.13. The Labute approximate surface area is 147 Å². The first-order valence-corrected chi connectivity index (χ1v) is 8.24. The molecule has 2 N–H and O–H groups in total. The summed E-state index contributed by atoms with van der Waals surface area (Å²) in [5.41, 5.74) is 0.765. The van der Waals surface area contributed by atoms with E-state index < -0.39 is 0 Å². The fourth-order valence-electron chi connectivity index (χ4n) is 2.04. The number of carbonyl (C=O) groups is 2. The Morgan fingerprint density at radius 2 is 1.96 bits per heavy atom. The number of carbonyl (C=O) groups excluding carboxylic acids is 2. The zero-order valence-electron chi connectivity index (χ0n) is 12.6. The summed E-state index contributed by atoms with van der Waals surface area (Å²) in [4.78, 5) is 24.9. The Morgan fingerprint density at radius 1 is 1.12 bits per heavy atom. The molecule has 1 aromatic carbocycles. The van der Waals surface area contributed by atoms with Gasteiger partial charge in [-0.15, -0.1) is 11.3 Å². The third-order valence-electron chi connectivity index (χ3n) is 3.18. The van der Waals surface area contributed by atoms with Gasteiger partial charge in [-0.05, 0) is 29.6 Å². The second kappa shape index (κ2) is 6.86. The lowest BCUT2D eigenvalue weighted by molar-refractivity contribution is 0.101. The highest BCUT2D eigenvalue weighted by molar-refractivity contribution is 7.12. The van der Waals surface area contributed by atoms with Gasteiger partial charge in [0, 0.05) is 23.8 Å². The smallest absolute Gasteiger partial charge is 0.276 e. The summed E-state index contributed by atoms with van der Waals surface area (Å²) >= 11 is 7.23. The average Bonchev–Trinajstić information content (AvgIpc) is 3.18. The predicted octanol–water partition coefficient (Wildman–Crippen LogP) is 3.64. The second-order valence-corrected chi connectivity index (χ2v) is 6.32. The number of nitrogens with one attached hydrogen (secondary N) is 2. The van der Waals surface area contributed by atoms with E-state index in [1.807, 2.05) is 5.38 Å². The molecular weight excluding hydrogens is 348 g/mol. The summed E-state index contributed by atoms with van der Waals surface area (Å²) in [7, 11) is 1.65. The van der Waals surface area contributed by atoms with Crippen LogP contribution in [0.4, 0.5) is 11.5 Å². The largest absolute Gasteiger partial charge is 0.321 e. The Hall–Kier alpha value is -2.64. The monoisotopic (exact) mass is 360 g/mol. The predicted molar refractivity (Wildman–Crippen MR) is 94.9 cm³/mol. The summed E-state index contributed by atoms with van der Waals surface area (Å²) in [6, 6.07) is 11.9. The van der Waals surface area contributed by atoms with Gasteiger partial charge in [0.15, 0.2) is 5.69 Å². The summed E-state index contributed by atoms with van der Waals surface area (Å²) in [6.45, 7) is 0. The minimum atomic E-state index is -0.385. The quantitative estimate of drug-likeness (QED) is 0.745. The Kier molecular flexibility index (Phi) is 4.64. The molecule has 0 aliphatic carbocycles. The van der Waals surface area contributed by atoms with Crippen molar-refractivity contribution in [2.24, 2.45) is 7.05 Å². The van der Waals surface area contributed by atoms with Crippen molar-refractivity contribution in [3.05, 3.63) is 63.4 Å². The topological polar surface area (TPSA) is 76.0 Å². The van der Waals surface area contributed by atoms with Crippen LogP contribution in [0.5, 0.6) is 0 Å². The molecule has 2 heterocycles. The molecule has 0 fully saturated rings. The van der Waals surface area contributed by atoms with Crippen LogP contribution in [0, 0.1) is 0 Å². The highest BCUT2D eigenvalue weighted by Gasteiger charge is 2.15. The van der Waals surface area contributed by atoms with E-state index in [0.29, 0.717) is 21.4 Å². The number of nitrogens with zero attached hydrogens (tertiary/aromatic N) is 2. The van der Waals surface area contributed by atoms with Crippen LogP contribution in [0.25, 0.3) is 0 Å². The molecule has 122 valence electrons. The highest BCUT2D eigenvalue weighted by atomic mass is 35.5. The van der Waals surface area contributed by atoms with Crippen LogP contribution in [-0.4, -0.2) is 21.6 Å². The van der Waals surface area contributed by atoms with Crippen molar-refractivity contribution in [3.8, 4) is 0 Å². The molecular formula is C16H13ClN4O2S. The number of aromatic nitrogens is 2. The van der Waals surface area contributed by atoms with Gasteiger partial charge in [-0.25, -0.2) is 0 Å². The molecule has 0 radical (unpaired) electrons. The fraction of sp³-hybridized carbons (Fsp3) is 0.0625. The number of amides is 2. The Morgan fingerprint density at radius 3 is 2.67 bits per heavy atom. The first kappa shape index (κ1) is 16.2. The third kappa shape index (κ3) is 3.64.